The summed E-state index contributed by atoms with van der Waals surface area (Å²) in [5, 5.41) is 2.71. The molecule has 0 bridgehead atoms. The van der Waals surface area contributed by atoms with E-state index in [4.69, 9.17) is 5.73 Å². The summed E-state index contributed by atoms with van der Waals surface area (Å²) >= 11 is 0. The van der Waals surface area contributed by atoms with Crippen LogP contribution in [-0.2, 0) is 11.2 Å². The SMILES string of the molecule is CCCN(CC(=O)NC)C1CCc2cc(N)ccc21. The summed E-state index contributed by atoms with van der Waals surface area (Å²) in [5.74, 6) is 0.0809. The Morgan fingerprint density at radius 3 is 3.00 bits per heavy atom. The lowest BCUT2D eigenvalue weighted by Gasteiger charge is -2.28. The first-order valence-electron chi connectivity index (χ1n) is 6.98. The Morgan fingerprint density at radius 2 is 2.32 bits per heavy atom. The number of aryl methyl sites for hydroxylation is 1. The van der Waals surface area contributed by atoms with Gasteiger partial charge in [-0.15, -0.1) is 0 Å². The third-order valence-corrected chi connectivity index (χ3v) is 3.79. The summed E-state index contributed by atoms with van der Waals surface area (Å²) in [5.41, 5.74) is 9.34. The van der Waals surface area contributed by atoms with Crippen molar-refractivity contribution in [3.05, 3.63) is 29.3 Å². The quantitative estimate of drug-likeness (QED) is 0.793. The molecule has 1 aromatic carbocycles. The molecule has 3 N–H and O–H groups in total. The van der Waals surface area contributed by atoms with E-state index in [1.54, 1.807) is 7.05 Å². The maximum absolute atomic E-state index is 11.6. The summed E-state index contributed by atoms with van der Waals surface area (Å²) in [6, 6.07) is 6.50. The van der Waals surface area contributed by atoms with Crippen molar-refractivity contribution >= 4 is 11.6 Å². The highest BCUT2D eigenvalue weighted by Gasteiger charge is 2.28. The smallest absolute Gasteiger partial charge is 0.233 e. The number of anilines is 1. The summed E-state index contributed by atoms with van der Waals surface area (Å²) in [6.45, 7) is 3.57. The second kappa shape index (κ2) is 6.06. The van der Waals surface area contributed by atoms with Gasteiger partial charge >= 0.3 is 0 Å². The van der Waals surface area contributed by atoms with Crippen LogP contribution in [0.25, 0.3) is 0 Å². The molecule has 0 aliphatic heterocycles. The molecule has 1 amide bonds. The third-order valence-electron chi connectivity index (χ3n) is 3.79. The molecule has 1 atom stereocenters. The third kappa shape index (κ3) is 3.07. The number of carbonyl (C=O) groups excluding carboxylic acids is 1. The predicted octanol–water partition coefficient (Wildman–Crippen LogP) is 1.71. The van der Waals surface area contributed by atoms with Gasteiger partial charge in [0, 0.05) is 18.8 Å². The van der Waals surface area contributed by atoms with Crippen molar-refractivity contribution in [3.8, 4) is 0 Å². The van der Waals surface area contributed by atoms with Crippen LogP contribution >= 0.6 is 0 Å². The molecular formula is C15H23N3O. The van der Waals surface area contributed by atoms with Crippen LogP contribution in [0, 0.1) is 0 Å². The van der Waals surface area contributed by atoms with E-state index in [1.807, 2.05) is 6.07 Å². The van der Waals surface area contributed by atoms with Crippen molar-refractivity contribution < 1.29 is 4.79 Å². The lowest BCUT2D eigenvalue weighted by Crippen LogP contribution is -2.38. The van der Waals surface area contributed by atoms with E-state index in [-0.39, 0.29) is 5.91 Å². The average molecular weight is 261 g/mol. The van der Waals surface area contributed by atoms with Crippen molar-refractivity contribution in [1.82, 2.24) is 10.2 Å². The van der Waals surface area contributed by atoms with Crippen molar-refractivity contribution in [2.45, 2.75) is 32.2 Å². The van der Waals surface area contributed by atoms with Gasteiger partial charge in [-0.25, -0.2) is 0 Å². The first-order chi connectivity index (χ1) is 9.15. The van der Waals surface area contributed by atoms with Crippen LogP contribution in [-0.4, -0.2) is 30.9 Å². The molecule has 0 fully saturated rings. The molecule has 1 unspecified atom stereocenters. The van der Waals surface area contributed by atoms with Gasteiger partial charge in [-0.2, -0.15) is 0 Å². The molecule has 1 aromatic rings. The minimum atomic E-state index is 0.0809. The van der Waals surface area contributed by atoms with Gasteiger partial charge in [0.25, 0.3) is 0 Å². The Bertz CT molecular complexity index is 459. The van der Waals surface area contributed by atoms with Gasteiger partial charge in [-0.1, -0.05) is 13.0 Å². The predicted molar refractivity (Wildman–Crippen MR) is 77.8 cm³/mol. The fraction of sp³-hybridized carbons (Fsp3) is 0.533. The molecule has 19 heavy (non-hydrogen) atoms. The van der Waals surface area contributed by atoms with Gasteiger partial charge in [0.15, 0.2) is 0 Å². The molecule has 104 valence electrons. The van der Waals surface area contributed by atoms with Crippen LogP contribution in [0.15, 0.2) is 18.2 Å². The molecule has 0 aromatic heterocycles. The highest BCUT2D eigenvalue weighted by Crippen LogP contribution is 2.36. The summed E-state index contributed by atoms with van der Waals surface area (Å²) in [6.07, 6.45) is 3.19. The number of hydrogen-bond donors (Lipinski definition) is 2. The summed E-state index contributed by atoms with van der Waals surface area (Å²) in [7, 11) is 1.69. The minimum absolute atomic E-state index is 0.0809. The maximum atomic E-state index is 11.6. The van der Waals surface area contributed by atoms with E-state index < -0.39 is 0 Å². The molecule has 0 saturated carbocycles. The first kappa shape index (κ1) is 13.9. The van der Waals surface area contributed by atoms with E-state index >= 15 is 0 Å². The number of nitrogens with zero attached hydrogens (tertiary/aromatic N) is 1. The monoisotopic (exact) mass is 261 g/mol. The van der Waals surface area contributed by atoms with Crippen LogP contribution in [0.2, 0.25) is 0 Å². The molecule has 4 nitrogen and oxygen atoms in total. The van der Waals surface area contributed by atoms with Crippen molar-refractivity contribution in [1.29, 1.82) is 0 Å². The second-order valence-corrected chi connectivity index (χ2v) is 5.16. The van der Waals surface area contributed by atoms with E-state index in [0.717, 1.165) is 31.5 Å². The Balaban J connectivity index is 2.18. The number of nitrogen functional groups attached to an aromatic ring is 1. The van der Waals surface area contributed by atoms with E-state index in [1.165, 1.54) is 11.1 Å². The van der Waals surface area contributed by atoms with Crippen molar-refractivity contribution in [2.24, 2.45) is 0 Å². The highest BCUT2D eigenvalue weighted by atomic mass is 16.1. The molecule has 1 aliphatic rings. The Hall–Kier alpha value is -1.55. The second-order valence-electron chi connectivity index (χ2n) is 5.16. The highest BCUT2D eigenvalue weighted by molar-refractivity contribution is 5.77. The fourth-order valence-corrected chi connectivity index (χ4v) is 2.89. The number of nitrogens with two attached hydrogens (primary N) is 1. The van der Waals surface area contributed by atoms with Crippen LogP contribution in [0.3, 0.4) is 0 Å². The van der Waals surface area contributed by atoms with Gasteiger partial charge in [0.05, 0.1) is 6.54 Å². The van der Waals surface area contributed by atoms with E-state index in [2.05, 4.69) is 29.3 Å². The topological polar surface area (TPSA) is 58.4 Å². The summed E-state index contributed by atoms with van der Waals surface area (Å²) in [4.78, 5) is 13.9. The Labute approximate surface area is 115 Å². The first-order valence-corrected chi connectivity index (χ1v) is 6.98. The van der Waals surface area contributed by atoms with Gasteiger partial charge in [-0.05, 0) is 49.1 Å². The molecule has 0 heterocycles. The van der Waals surface area contributed by atoms with Crippen LogP contribution in [0.5, 0.6) is 0 Å². The zero-order valence-electron chi connectivity index (χ0n) is 11.8. The maximum Gasteiger partial charge on any atom is 0.233 e. The normalized spacial score (nSPS) is 17.5. The molecule has 0 radical (unpaired) electrons. The fourth-order valence-electron chi connectivity index (χ4n) is 2.89. The lowest BCUT2D eigenvalue weighted by molar-refractivity contribution is -0.122. The number of carbonyl (C=O) groups is 1. The summed E-state index contributed by atoms with van der Waals surface area (Å²) < 4.78 is 0. The molecule has 4 heteroatoms. The number of nitrogens with one attached hydrogen (secondary N) is 1. The Kier molecular flexibility index (Phi) is 4.43. The minimum Gasteiger partial charge on any atom is -0.399 e. The number of likely N-dealkylation sites (N-methyl/N-ethyl adjacent to an activating group) is 1. The van der Waals surface area contributed by atoms with E-state index in [9.17, 15) is 4.79 Å². The lowest BCUT2D eigenvalue weighted by atomic mass is 10.1. The van der Waals surface area contributed by atoms with E-state index in [0.29, 0.717) is 12.6 Å². The van der Waals surface area contributed by atoms with Crippen molar-refractivity contribution in [3.63, 3.8) is 0 Å². The molecule has 0 spiro atoms. The van der Waals surface area contributed by atoms with Gasteiger partial charge in [0.2, 0.25) is 5.91 Å². The number of amides is 1. The van der Waals surface area contributed by atoms with Gasteiger partial charge in [-0.3, -0.25) is 9.69 Å². The largest absolute Gasteiger partial charge is 0.399 e. The Morgan fingerprint density at radius 1 is 1.53 bits per heavy atom. The van der Waals surface area contributed by atoms with Crippen molar-refractivity contribution in [2.75, 3.05) is 25.9 Å². The van der Waals surface area contributed by atoms with Gasteiger partial charge < -0.3 is 11.1 Å². The zero-order chi connectivity index (χ0) is 13.8. The van der Waals surface area contributed by atoms with Crippen LogP contribution < -0.4 is 11.1 Å². The molecule has 1 aliphatic carbocycles. The standard InChI is InChI=1S/C15H23N3O/c1-3-8-18(10-15(19)17-2)14-7-4-11-9-12(16)5-6-13(11)14/h5-6,9,14H,3-4,7-8,10,16H2,1-2H3,(H,17,19). The number of hydrogen-bond acceptors (Lipinski definition) is 3. The molecule has 0 saturated heterocycles. The van der Waals surface area contributed by atoms with Gasteiger partial charge in [0.1, 0.15) is 0 Å². The molecular weight excluding hydrogens is 238 g/mol. The number of fused-ring (bicyclic) bond motifs is 1. The molecule has 2 rings (SSSR count). The zero-order valence-corrected chi connectivity index (χ0v) is 11.8. The average Bonchev–Trinajstić information content (AvgIpc) is 2.80. The van der Waals surface area contributed by atoms with Crippen LogP contribution in [0.4, 0.5) is 5.69 Å². The van der Waals surface area contributed by atoms with Crippen LogP contribution in [0.1, 0.15) is 36.9 Å². The number of benzene rings is 1. The number of rotatable bonds is 5.